The minimum atomic E-state index is -4.37. The molecule has 0 bridgehead atoms. The van der Waals surface area contributed by atoms with Gasteiger partial charge >= 0.3 is 6.18 Å². The van der Waals surface area contributed by atoms with E-state index < -0.39 is 24.7 Å². The number of hydrogen-bond acceptors (Lipinski definition) is 3. The van der Waals surface area contributed by atoms with Crippen molar-refractivity contribution in [3.63, 3.8) is 0 Å². The molecule has 0 aromatic heterocycles. The topological polar surface area (TPSA) is 41.6 Å². The van der Waals surface area contributed by atoms with Gasteiger partial charge in [-0.05, 0) is 33.2 Å². The Morgan fingerprint density at radius 2 is 2.16 bits per heavy atom. The molecular formula is C12H21F3N2O2. The highest BCUT2D eigenvalue weighted by molar-refractivity contribution is 5.81. The molecule has 1 heterocycles. The summed E-state index contributed by atoms with van der Waals surface area (Å²) >= 11 is 0. The molecule has 1 saturated heterocycles. The Balaban J connectivity index is 2.33. The minimum absolute atomic E-state index is 0.0663. The Kier molecular flexibility index (Phi) is 6.06. The molecule has 1 fully saturated rings. The van der Waals surface area contributed by atoms with Gasteiger partial charge in [-0.2, -0.15) is 13.2 Å². The fourth-order valence-corrected chi connectivity index (χ4v) is 1.97. The second-order valence-electron chi connectivity index (χ2n) is 4.94. The van der Waals surface area contributed by atoms with Gasteiger partial charge in [0.15, 0.2) is 0 Å². The number of nitrogens with one attached hydrogen (secondary N) is 1. The van der Waals surface area contributed by atoms with Gasteiger partial charge < -0.3 is 10.1 Å². The van der Waals surface area contributed by atoms with E-state index in [0.717, 1.165) is 19.3 Å². The lowest BCUT2D eigenvalue weighted by molar-refractivity contribution is -0.141. The molecule has 2 atom stereocenters. The van der Waals surface area contributed by atoms with Crippen molar-refractivity contribution in [2.75, 3.05) is 26.7 Å². The number of ether oxygens (including phenoxy) is 1. The standard InChI is InChI=1S/C12H21F3N2O2/c1-9(11(18)16-8-12(13,14)15)17(2)7-10-5-3-4-6-19-10/h9-10H,3-8H2,1-2H3,(H,16,18)/t9-,10-/m1/s1. The molecule has 0 unspecified atom stereocenters. The Labute approximate surface area is 111 Å². The third kappa shape index (κ3) is 6.24. The van der Waals surface area contributed by atoms with Crippen molar-refractivity contribution >= 4 is 5.91 Å². The molecule has 1 amide bonds. The van der Waals surface area contributed by atoms with Gasteiger partial charge in [0, 0.05) is 13.2 Å². The fraction of sp³-hybridized carbons (Fsp3) is 0.917. The maximum absolute atomic E-state index is 12.0. The number of alkyl halides is 3. The predicted octanol–water partition coefficient (Wildman–Crippen LogP) is 1.55. The van der Waals surface area contributed by atoms with Crippen molar-refractivity contribution in [1.82, 2.24) is 10.2 Å². The van der Waals surface area contributed by atoms with Crippen molar-refractivity contribution in [2.45, 2.75) is 44.5 Å². The van der Waals surface area contributed by atoms with E-state index in [9.17, 15) is 18.0 Å². The molecule has 0 spiro atoms. The van der Waals surface area contributed by atoms with Crippen LogP contribution >= 0.6 is 0 Å². The Morgan fingerprint density at radius 3 is 2.68 bits per heavy atom. The Hall–Kier alpha value is -0.820. The zero-order valence-corrected chi connectivity index (χ0v) is 11.3. The maximum atomic E-state index is 12.0. The summed E-state index contributed by atoms with van der Waals surface area (Å²) in [5.74, 6) is -0.615. The van der Waals surface area contributed by atoms with Crippen LogP contribution in [0.25, 0.3) is 0 Å². The summed E-state index contributed by atoms with van der Waals surface area (Å²) in [6.07, 6.45) is -1.24. The molecule has 19 heavy (non-hydrogen) atoms. The van der Waals surface area contributed by atoms with E-state index in [4.69, 9.17) is 4.74 Å². The van der Waals surface area contributed by atoms with Crippen LogP contribution in [0.2, 0.25) is 0 Å². The highest BCUT2D eigenvalue weighted by Crippen LogP contribution is 2.15. The van der Waals surface area contributed by atoms with Crippen LogP contribution in [0.3, 0.4) is 0 Å². The first-order valence-corrected chi connectivity index (χ1v) is 6.46. The molecule has 1 aliphatic rings. The highest BCUT2D eigenvalue weighted by atomic mass is 19.4. The van der Waals surface area contributed by atoms with Crippen LogP contribution in [0.4, 0.5) is 13.2 Å². The molecule has 1 rings (SSSR count). The molecule has 0 aromatic rings. The lowest BCUT2D eigenvalue weighted by Crippen LogP contribution is -2.48. The van der Waals surface area contributed by atoms with E-state index >= 15 is 0 Å². The van der Waals surface area contributed by atoms with Crippen LogP contribution in [-0.4, -0.2) is 55.9 Å². The zero-order valence-electron chi connectivity index (χ0n) is 11.3. The molecule has 0 aliphatic carbocycles. The molecule has 112 valence electrons. The molecule has 0 saturated carbocycles. The van der Waals surface area contributed by atoms with Gasteiger partial charge in [-0.3, -0.25) is 9.69 Å². The van der Waals surface area contributed by atoms with Gasteiger partial charge in [0.25, 0.3) is 0 Å². The fourth-order valence-electron chi connectivity index (χ4n) is 1.97. The summed E-state index contributed by atoms with van der Waals surface area (Å²) < 4.78 is 41.6. The lowest BCUT2D eigenvalue weighted by atomic mass is 10.1. The highest BCUT2D eigenvalue weighted by Gasteiger charge is 2.30. The van der Waals surface area contributed by atoms with Crippen LogP contribution in [0.15, 0.2) is 0 Å². The van der Waals surface area contributed by atoms with E-state index in [1.54, 1.807) is 18.9 Å². The van der Waals surface area contributed by atoms with Crippen LogP contribution in [-0.2, 0) is 9.53 Å². The first kappa shape index (κ1) is 16.2. The molecule has 1 aliphatic heterocycles. The number of carbonyl (C=O) groups is 1. The van der Waals surface area contributed by atoms with Crippen molar-refractivity contribution in [1.29, 1.82) is 0 Å². The van der Waals surface area contributed by atoms with E-state index in [1.807, 2.05) is 5.32 Å². The molecule has 4 nitrogen and oxygen atoms in total. The number of nitrogens with zero attached hydrogens (tertiary/aromatic N) is 1. The summed E-state index contributed by atoms with van der Waals surface area (Å²) in [4.78, 5) is 13.3. The van der Waals surface area contributed by atoms with Gasteiger partial charge in [-0.15, -0.1) is 0 Å². The van der Waals surface area contributed by atoms with E-state index in [-0.39, 0.29) is 6.10 Å². The summed E-state index contributed by atoms with van der Waals surface area (Å²) in [5.41, 5.74) is 0. The quantitative estimate of drug-likeness (QED) is 0.832. The van der Waals surface area contributed by atoms with Gasteiger partial charge in [-0.25, -0.2) is 0 Å². The molecule has 7 heteroatoms. The second-order valence-corrected chi connectivity index (χ2v) is 4.94. The number of hydrogen-bond donors (Lipinski definition) is 1. The third-order valence-corrected chi connectivity index (χ3v) is 3.27. The summed E-state index contributed by atoms with van der Waals surface area (Å²) in [6, 6.07) is -0.604. The first-order chi connectivity index (χ1) is 8.79. The van der Waals surface area contributed by atoms with E-state index in [0.29, 0.717) is 13.2 Å². The predicted molar refractivity (Wildman–Crippen MR) is 64.7 cm³/mol. The lowest BCUT2D eigenvalue weighted by Gasteiger charge is -2.30. The van der Waals surface area contributed by atoms with Crippen molar-refractivity contribution in [3.05, 3.63) is 0 Å². The van der Waals surface area contributed by atoms with Crippen LogP contribution in [0.1, 0.15) is 26.2 Å². The normalized spacial score (nSPS) is 22.3. The van der Waals surface area contributed by atoms with E-state index in [2.05, 4.69) is 0 Å². The average Bonchev–Trinajstić information content (AvgIpc) is 2.35. The van der Waals surface area contributed by atoms with Gasteiger partial charge in [-0.1, -0.05) is 0 Å². The van der Waals surface area contributed by atoms with Crippen molar-refractivity contribution < 1.29 is 22.7 Å². The number of likely N-dealkylation sites (N-methyl/N-ethyl adjacent to an activating group) is 1. The number of amides is 1. The van der Waals surface area contributed by atoms with Gasteiger partial charge in [0.1, 0.15) is 6.54 Å². The smallest absolute Gasteiger partial charge is 0.377 e. The second kappa shape index (κ2) is 7.09. The Bertz CT molecular complexity index is 291. The summed E-state index contributed by atoms with van der Waals surface area (Å²) in [7, 11) is 1.72. The first-order valence-electron chi connectivity index (χ1n) is 6.46. The van der Waals surface area contributed by atoms with Crippen LogP contribution in [0.5, 0.6) is 0 Å². The van der Waals surface area contributed by atoms with Crippen molar-refractivity contribution in [2.24, 2.45) is 0 Å². The van der Waals surface area contributed by atoms with Crippen LogP contribution in [0, 0.1) is 0 Å². The molecule has 0 aromatic carbocycles. The summed E-state index contributed by atoms with van der Waals surface area (Å²) in [5, 5.41) is 1.89. The molecule has 0 radical (unpaired) electrons. The summed E-state index contributed by atoms with van der Waals surface area (Å²) in [6.45, 7) is 1.58. The number of rotatable bonds is 5. The third-order valence-electron chi connectivity index (χ3n) is 3.27. The zero-order chi connectivity index (χ0) is 14.5. The number of halogens is 3. The van der Waals surface area contributed by atoms with Gasteiger partial charge in [0.05, 0.1) is 12.1 Å². The monoisotopic (exact) mass is 282 g/mol. The molecular weight excluding hydrogens is 261 g/mol. The minimum Gasteiger partial charge on any atom is -0.377 e. The number of carbonyl (C=O) groups excluding carboxylic acids is 1. The van der Waals surface area contributed by atoms with Gasteiger partial charge in [0.2, 0.25) is 5.91 Å². The van der Waals surface area contributed by atoms with Crippen molar-refractivity contribution in [3.8, 4) is 0 Å². The largest absolute Gasteiger partial charge is 0.405 e. The van der Waals surface area contributed by atoms with Crippen LogP contribution < -0.4 is 5.32 Å². The molecule has 1 N–H and O–H groups in total. The maximum Gasteiger partial charge on any atom is 0.405 e. The Morgan fingerprint density at radius 1 is 1.47 bits per heavy atom. The average molecular weight is 282 g/mol. The SMILES string of the molecule is C[C@H](C(=O)NCC(F)(F)F)N(C)C[C@H]1CCCCO1. The van der Waals surface area contributed by atoms with E-state index in [1.165, 1.54) is 0 Å².